The van der Waals surface area contributed by atoms with Gasteiger partial charge in [-0.1, -0.05) is 29.8 Å². The second-order valence-electron chi connectivity index (χ2n) is 4.87. The lowest BCUT2D eigenvalue weighted by molar-refractivity contribution is 0.623. The predicted octanol–water partition coefficient (Wildman–Crippen LogP) is 3.79. The number of rotatable bonds is 5. The zero-order valence-electron chi connectivity index (χ0n) is 12.1. The molecule has 20 heavy (non-hydrogen) atoms. The van der Waals surface area contributed by atoms with Gasteiger partial charge < -0.3 is 10.6 Å². The maximum absolute atomic E-state index is 14.3. The number of nitrogens with two attached hydrogens (primary N) is 1. The summed E-state index contributed by atoms with van der Waals surface area (Å²) in [7, 11) is 0. The minimum Gasteiger partial charge on any atom is -0.339 e. The molecule has 3 heteroatoms. The van der Waals surface area contributed by atoms with Crippen LogP contribution < -0.4 is 10.6 Å². The molecule has 2 aromatic rings. The van der Waals surface area contributed by atoms with Gasteiger partial charge in [-0.05, 0) is 50.6 Å². The number of anilines is 2. The normalized spacial score (nSPS) is 10.6. The van der Waals surface area contributed by atoms with Gasteiger partial charge in [-0.25, -0.2) is 4.39 Å². The lowest BCUT2D eigenvalue weighted by Crippen LogP contribution is -2.20. The Bertz CT molecular complexity index is 564. The van der Waals surface area contributed by atoms with Crippen molar-refractivity contribution in [2.45, 2.75) is 20.3 Å². The number of benzene rings is 2. The third-order valence-corrected chi connectivity index (χ3v) is 3.42. The van der Waals surface area contributed by atoms with Crippen LogP contribution in [0.15, 0.2) is 42.5 Å². The summed E-state index contributed by atoms with van der Waals surface area (Å²) in [6.07, 6.45) is 0.676. The van der Waals surface area contributed by atoms with Crippen LogP contribution in [0.2, 0.25) is 0 Å². The molecule has 0 unspecified atom stereocenters. The Labute approximate surface area is 120 Å². The number of para-hydroxylation sites is 1. The maximum Gasteiger partial charge on any atom is 0.147 e. The fraction of sp³-hybridized carbons (Fsp3) is 0.294. The van der Waals surface area contributed by atoms with Crippen LogP contribution in [0, 0.1) is 12.7 Å². The molecule has 0 aliphatic rings. The first-order chi connectivity index (χ1) is 9.67. The van der Waals surface area contributed by atoms with E-state index in [1.807, 2.05) is 49.1 Å². The summed E-state index contributed by atoms with van der Waals surface area (Å²) in [5.74, 6) is -0.196. The summed E-state index contributed by atoms with van der Waals surface area (Å²) < 4.78 is 14.3. The van der Waals surface area contributed by atoms with Gasteiger partial charge in [-0.3, -0.25) is 0 Å². The quantitative estimate of drug-likeness (QED) is 0.897. The van der Waals surface area contributed by atoms with Crippen molar-refractivity contribution in [3.05, 3.63) is 59.4 Å². The van der Waals surface area contributed by atoms with E-state index in [2.05, 4.69) is 0 Å². The van der Waals surface area contributed by atoms with E-state index in [-0.39, 0.29) is 5.82 Å². The van der Waals surface area contributed by atoms with E-state index in [0.29, 0.717) is 25.2 Å². The number of halogens is 1. The average Bonchev–Trinajstić information content (AvgIpc) is 2.44. The molecule has 0 radical (unpaired) electrons. The van der Waals surface area contributed by atoms with Gasteiger partial charge in [0, 0.05) is 12.2 Å². The Hall–Kier alpha value is -1.87. The van der Waals surface area contributed by atoms with Crippen molar-refractivity contribution >= 4 is 11.4 Å². The highest BCUT2D eigenvalue weighted by Crippen LogP contribution is 2.31. The standard InChI is InChI=1S/C17H21FN2/c1-3-20(15-9-7-13(2)8-10-15)17-14(11-12-19)5-4-6-16(17)18/h4-10H,3,11-12,19H2,1-2H3. The van der Waals surface area contributed by atoms with Crippen molar-refractivity contribution in [2.24, 2.45) is 5.73 Å². The van der Waals surface area contributed by atoms with E-state index in [4.69, 9.17) is 5.73 Å². The van der Waals surface area contributed by atoms with Crippen molar-refractivity contribution in [1.29, 1.82) is 0 Å². The lowest BCUT2D eigenvalue weighted by atomic mass is 10.1. The largest absolute Gasteiger partial charge is 0.339 e. The molecule has 2 rings (SSSR count). The van der Waals surface area contributed by atoms with Crippen LogP contribution in [0.5, 0.6) is 0 Å². The average molecular weight is 272 g/mol. The summed E-state index contributed by atoms with van der Waals surface area (Å²) in [6, 6.07) is 13.3. The van der Waals surface area contributed by atoms with Gasteiger partial charge in [0.1, 0.15) is 5.82 Å². The van der Waals surface area contributed by atoms with E-state index in [0.717, 1.165) is 11.3 Å². The lowest BCUT2D eigenvalue weighted by Gasteiger charge is -2.26. The van der Waals surface area contributed by atoms with E-state index in [1.54, 1.807) is 6.07 Å². The van der Waals surface area contributed by atoms with Gasteiger partial charge in [0.15, 0.2) is 0 Å². The number of nitrogens with zero attached hydrogens (tertiary/aromatic N) is 1. The Balaban J connectivity index is 2.48. The van der Waals surface area contributed by atoms with Crippen LogP contribution in [0.25, 0.3) is 0 Å². The highest BCUT2D eigenvalue weighted by atomic mass is 19.1. The molecule has 0 bridgehead atoms. The molecule has 0 saturated carbocycles. The third kappa shape index (κ3) is 2.99. The molecule has 0 aromatic heterocycles. The first kappa shape index (κ1) is 14.5. The molecule has 0 aliphatic carbocycles. The minimum atomic E-state index is -0.196. The summed E-state index contributed by atoms with van der Waals surface area (Å²) >= 11 is 0. The van der Waals surface area contributed by atoms with Gasteiger partial charge >= 0.3 is 0 Å². The second-order valence-corrected chi connectivity index (χ2v) is 4.87. The van der Waals surface area contributed by atoms with Crippen molar-refractivity contribution < 1.29 is 4.39 Å². The van der Waals surface area contributed by atoms with Gasteiger partial charge in [-0.2, -0.15) is 0 Å². The molecule has 2 nitrogen and oxygen atoms in total. The molecule has 106 valence electrons. The SMILES string of the molecule is CCN(c1ccc(C)cc1)c1c(F)cccc1CCN. The van der Waals surface area contributed by atoms with Crippen LogP contribution in [0.3, 0.4) is 0 Å². The first-order valence-corrected chi connectivity index (χ1v) is 6.99. The Morgan fingerprint density at radius 3 is 2.40 bits per heavy atom. The predicted molar refractivity (Wildman–Crippen MR) is 83.0 cm³/mol. The number of hydrogen-bond donors (Lipinski definition) is 1. The van der Waals surface area contributed by atoms with E-state index < -0.39 is 0 Å². The van der Waals surface area contributed by atoms with E-state index in [1.165, 1.54) is 11.6 Å². The van der Waals surface area contributed by atoms with E-state index in [9.17, 15) is 4.39 Å². The minimum absolute atomic E-state index is 0.196. The molecule has 0 spiro atoms. The highest BCUT2D eigenvalue weighted by Gasteiger charge is 2.16. The fourth-order valence-corrected chi connectivity index (χ4v) is 2.41. The molecular formula is C17H21FN2. The van der Waals surface area contributed by atoms with Gasteiger partial charge in [-0.15, -0.1) is 0 Å². The van der Waals surface area contributed by atoms with Crippen molar-refractivity contribution in [2.75, 3.05) is 18.0 Å². The molecule has 0 saturated heterocycles. The Morgan fingerprint density at radius 2 is 1.80 bits per heavy atom. The van der Waals surface area contributed by atoms with Crippen molar-refractivity contribution in [3.63, 3.8) is 0 Å². The number of hydrogen-bond acceptors (Lipinski definition) is 2. The first-order valence-electron chi connectivity index (χ1n) is 6.99. The van der Waals surface area contributed by atoms with Crippen molar-refractivity contribution in [3.8, 4) is 0 Å². The molecule has 2 N–H and O–H groups in total. The van der Waals surface area contributed by atoms with Crippen LogP contribution in [-0.2, 0) is 6.42 Å². The van der Waals surface area contributed by atoms with Crippen LogP contribution >= 0.6 is 0 Å². The molecular weight excluding hydrogens is 251 g/mol. The monoisotopic (exact) mass is 272 g/mol. The molecule has 0 atom stereocenters. The topological polar surface area (TPSA) is 29.3 Å². The molecule has 0 aliphatic heterocycles. The summed E-state index contributed by atoms with van der Waals surface area (Å²) in [5.41, 5.74) is 9.43. The van der Waals surface area contributed by atoms with Crippen LogP contribution in [0.4, 0.5) is 15.8 Å². The maximum atomic E-state index is 14.3. The van der Waals surface area contributed by atoms with Crippen LogP contribution in [-0.4, -0.2) is 13.1 Å². The zero-order valence-corrected chi connectivity index (χ0v) is 12.1. The fourth-order valence-electron chi connectivity index (χ4n) is 2.41. The second kappa shape index (κ2) is 6.53. The van der Waals surface area contributed by atoms with Crippen molar-refractivity contribution in [1.82, 2.24) is 0 Å². The Kier molecular flexibility index (Phi) is 4.74. The molecule has 0 amide bonds. The molecule has 0 fully saturated rings. The van der Waals surface area contributed by atoms with Gasteiger partial charge in [0.05, 0.1) is 5.69 Å². The summed E-state index contributed by atoms with van der Waals surface area (Å²) in [6.45, 7) is 5.30. The molecule has 0 heterocycles. The van der Waals surface area contributed by atoms with E-state index >= 15 is 0 Å². The Morgan fingerprint density at radius 1 is 1.10 bits per heavy atom. The van der Waals surface area contributed by atoms with Crippen LogP contribution in [0.1, 0.15) is 18.1 Å². The smallest absolute Gasteiger partial charge is 0.147 e. The summed E-state index contributed by atoms with van der Waals surface area (Å²) in [5, 5.41) is 0. The number of aryl methyl sites for hydroxylation is 1. The van der Waals surface area contributed by atoms with Gasteiger partial charge in [0.2, 0.25) is 0 Å². The highest BCUT2D eigenvalue weighted by molar-refractivity contribution is 5.67. The molecule has 2 aromatic carbocycles. The summed E-state index contributed by atoms with van der Waals surface area (Å²) in [4.78, 5) is 2.00. The zero-order chi connectivity index (χ0) is 14.5. The van der Waals surface area contributed by atoms with Gasteiger partial charge in [0.25, 0.3) is 0 Å². The third-order valence-electron chi connectivity index (χ3n) is 3.42.